The molecule has 0 spiro atoms. The van der Waals surface area contributed by atoms with Gasteiger partial charge in [0.15, 0.2) is 5.82 Å². The van der Waals surface area contributed by atoms with Gasteiger partial charge in [-0.2, -0.15) is 10.1 Å². The third kappa shape index (κ3) is 2.42. The van der Waals surface area contributed by atoms with E-state index in [0.29, 0.717) is 5.95 Å². The van der Waals surface area contributed by atoms with E-state index in [1.165, 1.54) is 0 Å². The summed E-state index contributed by atoms with van der Waals surface area (Å²) in [5, 5.41) is 7.55. The van der Waals surface area contributed by atoms with Gasteiger partial charge in [-0.25, -0.2) is 9.67 Å². The van der Waals surface area contributed by atoms with E-state index >= 15 is 0 Å². The van der Waals surface area contributed by atoms with Crippen LogP contribution in [0.3, 0.4) is 0 Å². The Labute approximate surface area is 122 Å². The summed E-state index contributed by atoms with van der Waals surface area (Å²) in [4.78, 5) is 8.65. The van der Waals surface area contributed by atoms with Gasteiger partial charge in [0.25, 0.3) is 0 Å². The van der Waals surface area contributed by atoms with Crippen molar-refractivity contribution in [1.29, 1.82) is 0 Å². The fourth-order valence-electron chi connectivity index (χ4n) is 1.58. The molecule has 2 heterocycles. The van der Waals surface area contributed by atoms with Crippen LogP contribution in [0.25, 0.3) is 5.82 Å². The largest absolute Gasteiger partial charge is 0.354 e. The topological polar surface area (TPSA) is 55.6 Å². The molecule has 0 saturated heterocycles. The Morgan fingerprint density at radius 3 is 2.61 bits per heavy atom. The summed E-state index contributed by atoms with van der Waals surface area (Å²) < 4.78 is 3.60. The molecule has 0 fully saturated rings. The van der Waals surface area contributed by atoms with Crippen molar-refractivity contribution in [2.24, 2.45) is 0 Å². The first-order valence-electron chi connectivity index (χ1n) is 5.53. The lowest BCUT2D eigenvalue weighted by Crippen LogP contribution is -2.08. The minimum Gasteiger partial charge on any atom is -0.354 e. The predicted molar refractivity (Wildman–Crippen MR) is 78.2 cm³/mol. The van der Waals surface area contributed by atoms with Gasteiger partial charge in [0.1, 0.15) is 0 Å². The molecule has 18 heavy (non-hydrogen) atoms. The number of hydrogen-bond donors (Lipinski definition) is 1. The van der Waals surface area contributed by atoms with Crippen molar-refractivity contribution >= 4 is 37.8 Å². The molecule has 7 heteroatoms. The summed E-state index contributed by atoms with van der Waals surface area (Å²) in [6, 6.07) is 0. The van der Waals surface area contributed by atoms with Crippen LogP contribution in [-0.4, -0.2) is 26.3 Å². The van der Waals surface area contributed by atoms with Crippen LogP contribution in [0.2, 0.25) is 0 Å². The van der Waals surface area contributed by atoms with E-state index in [-0.39, 0.29) is 0 Å². The molecule has 1 N–H and O–H groups in total. The van der Waals surface area contributed by atoms with Gasteiger partial charge in [-0.1, -0.05) is 0 Å². The lowest BCUT2D eigenvalue weighted by Gasteiger charge is -2.08. The Balaban J connectivity index is 2.55. The summed E-state index contributed by atoms with van der Waals surface area (Å²) >= 11 is 6.97. The van der Waals surface area contributed by atoms with E-state index in [9.17, 15) is 0 Å². The van der Waals surface area contributed by atoms with E-state index < -0.39 is 0 Å². The van der Waals surface area contributed by atoms with E-state index in [2.05, 4.69) is 52.2 Å². The standard InChI is InChI=1S/C11H13Br2N5/c1-4-14-11-15-5-8(12)10(16-11)18-7(3)9(13)6(2)17-18/h5H,4H2,1-3H3,(H,14,15,16). The van der Waals surface area contributed by atoms with Crippen LogP contribution in [-0.2, 0) is 0 Å². The third-order valence-electron chi connectivity index (χ3n) is 2.46. The molecule has 2 aromatic rings. The van der Waals surface area contributed by atoms with Crippen molar-refractivity contribution < 1.29 is 0 Å². The van der Waals surface area contributed by atoms with Gasteiger partial charge in [0.05, 0.1) is 20.3 Å². The number of rotatable bonds is 3. The summed E-state index contributed by atoms with van der Waals surface area (Å²) in [6.07, 6.45) is 1.73. The van der Waals surface area contributed by atoms with Gasteiger partial charge < -0.3 is 5.32 Å². The van der Waals surface area contributed by atoms with Gasteiger partial charge in [-0.3, -0.25) is 0 Å². The zero-order chi connectivity index (χ0) is 13.3. The highest BCUT2D eigenvalue weighted by Gasteiger charge is 2.14. The maximum atomic E-state index is 4.46. The molecule has 5 nitrogen and oxygen atoms in total. The normalized spacial score (nSPS) is 10.7. The Hall–Kier alpha value is -0.950. The van der Waals surface area contributed by atoms with Gasteiger partial charge in [0, 0.05) is 12.7 Å². The smallest absolute Gasteiger partial charge is 0.224 e. The molecule has 0 aromatic carbocycles. The lowest BCUT2D eigenvalue weighted by atomic mass is 10.4. The van der Waals surface area contributed by atoms with Crippen LogP contribution >= 0.6 is 31.9 Å². The predicted octanol–water partition coefficient (Wildman–Crippen LogP) is 3.24. The monoisotopic (exact) mass is 373 g/mol. The van der Waals surface area contributed by atoms with E-state index in [1.54, 1.807) is 10.9 Å². The molecule has 0 bridgehead atoms. The number of aryl methyl sites for hydroxylation is 1. The first-order valence-corrected chi connectivity index (χ1v) is 7.11. The zero-order valence-electron chi connectivity index (χ0n) is 10.3. The molecular formula is C11H13Br2N5. The Kier molecular flexibility index (Phi) is 4.01. The number of nitrogens with zero attached hydrogens (tertiary/aromatic N) is 4. The minimum absolute atomic E-state index is 0.597. The maximum Gasteiger partial charge on any atom is 0.224 e. The Morgan fingerprint density at radius 2 is 2.06 bits per heavy atom. The molecule has 0 unspecified atom stereocenters. The second-order valence-corrected chi connectivity index (χ2v) is 5.44. The number of aromatic nitrogens is 4. The van der Waals surface area contributed by atoms with Crippen LogP contribution < -0.4 is 5.32 Å². The van der Waals surface area contributed by atoms with Crippen LogP contribution in [0.4, 0.5) is 5.95 Å². The molecule has 0 aliphatic carbocycles. The molecule has 0 amide bonds. The number of nitrogens with one attached hydrogen (secondary N) is 1. The lowest BCUT2D eigenvalue weighted by molar-refractivity contribution is 0.796. The maximum absolute atomic E-state index is 4.46. The van der Waals surface area contributed by atoms with E-state index in [4.69, 9.17) is 0 Å². The SMILES string of the molecule is CCNc1ncc(Br)c(-n2nc(C)c(Br)c2C)n1. The quantitative estimate of drug-likeness (QED) is 0.895. The second-order valence-electron chi connectivity index (χ2n) is 3.79. The van der Waals surface area contributed by atoms with E-state index in [0.717, 1.165) is 32.7 Å². The average Bonchev–Trinajstić information content (AvgIpc) is 2.60. The summed E-state index contributed by atoms with van der Waals surface area (Å²) in [5.41, 5.74) is 1.94. The molecule has 2 rings (SSSR count). The van der Waals surface area contributed by atoms with Crippen molar-refractivity contribution in [2.45, 2.75) is 20.8 Å². The molecule has 2 aromatic heterocycles. The minimum atomic E-state index is 0.597. The highest BCUT2D eigenvalue weighted by Crippen LogP contribution is 2.26. The highest BCUT2D eigenvalue weighted by atomic mass is 79.9. The van der Waals surface area contributed by atoms with Gasteiger partial charge in [0.2, 0.25) is 5.95 Å². The molecule has 0 radical (unpaired) electrons. The second kappa shape index (κ2) is 5.36. The zero-order valence-corrected chi connectivity index (χ0v) is 13.5. The highest BCUT2D eigenvalue weighted by molar-refractivity contribution is 9.11. The third-order valence-corrected chi connectivity index (χ3v) is 4.17. The Bertz CT molecular complexity index is 579. The first kappa shape index (κ1) is 13.5. The fourth-order valence-corrected chi connectivity index (χ4v) is 2.19. The van der Waals surface area contributed by atoms with Gasteiger partial charge in [-0.15, -0.1) is 0 Å². The molecule has 0 aliphatic heterocycles. The number of hydrogen-bond acceptors (Lipinski definition) is 4. The van der Waals surface area contributed by atoms with Crippen LogP contribution in [0, 0.1) is 13.8 Å². The van der Waals surface area contributed by atoms with Gasteiger partial charge in [-0.05, 0) is 52.6 Å². The molecule has 0 atom stereocenters. The molecule has 0 aliphatic rings. The number of anilines is 1. The summed E-state index contributed by atoms with van der Waals surface area (Å²) in [6.45, 7) is 6.73. The summed E-state index contributed by atoms with van der Waals surface area (Å²) in [5.74, 6) is 1.33. The Morgan fingerprint density at radius 1 is 1.33 bits per heavy atom. The van der Waals surface area contributed by atoms with Crippen LogP contribution in [0.5, 0.6) is 0 Å². The van der Waals surface area contributed by atoms with Crippen molar-refractivity contribution in [1.82, 2.24) is 19.7 Å². The average molecular weight is 375 g/mol. The van der Waals surface area contributed by atoms with Crippen molar-refractivity contribution in [3.8, 4) is 5.82 Å². The van der Waals surface area contributed by atoms with E-state index in [1.807, 2.05) is 20.8 Å². The first-order chi connectivity index (χ1) is 8.54. The fraction of sp³-hybridized carbons (Fsp3) is 0.364. The van der Waals surface area contributed by atoms with Gasteiger partial charge >= 0.3 is 0 Å². The number of halogens is 2. The van der Waals surface area contributed by atoms with Crippen LogP contribution in [0.15, 0.2) is 15.1 Å². The van der Waals surface area contributed by atoms with Crippen molar-refractivity contribution in [3.05, 3.63) is 26.5 Å². The summed E-state index contributed by atoms with van der Waals surface area (Å²) in [7, 11) is 0. The van der Waals surface area contributed by atoms with Crippen molar-refractivity contribution in [2.75, 3.05) is 11.9 Å². The molecule has 0 saturated carbocycles. The van der Waals surface area contributed by atoms with Crippen molar-refractivity contribution in [3.63, 3.8) is 0 Å². The molecule has 96 valence electrons. The molecular weight excluding hydrogens is 362 g/mol. The van der Waals surface area contributed by atoms with Crippen LogP contribution in [0.1, 0.15) is 18.3 Å².